The van der Waals surface area contributed by atoms with Crippen molar-refractivity contribution in [3.8, 4) is 0 Å². The Balaban J connectivity index is -0.0000000542. The third-order valence-corrected chi connectivity index (χ3v) is 0.500. The zero-order valence-corrected chi connectivity index (χ0v) is 10.7. The van der Waals surface area contributed by atoms with E-state index in [0.717, 1.165) is 0 Å². The molecule has 0 amide bonds. The van der Waals surface area contributed by atoms with Crippen molar-refractivity contribution in [2.45, 2.75) is 0 Å². The third-order valence-electron chi connectivity index (χ3n) is 0.500. The predicted octanol–water partition coefficient (Wildman–Crippen LogP) is -2.56. The van der Waals surface area contributed by atoms with Gasteiger partial charge < -0.3 is 34.4 Å². The highest BCUT2D eigenvalue weighted by molar-refractivity contribution is 7.22. The van der Waals surface area contributed by atoms with Crippen molar-refractivity contribution in [1.29, 1.82) is 0 Å². The van der Waals surface area contributed by atoms with Crippen LogP contribution < -0.4 is 34.4 Å². The third kappa shape index (κ3) is 191. The number of halogens is 2. The summed E-state index contributed by atoms with van der Waals surface area (Å²) in [5, 5.41) is 0. The number of hydrogen-bond acceptors (Lipinski definition) is 6. The topological polar surface area (TPSA) is 156 Å². The molecule has 0 radical (unpaired) electrons. The molecule has 15 heavy (non-hydrogen) atoms. The van der Waals surface area contributed by atoms with Crippen LogP contribution in [0.2, 0.25) is 0 Å². The van der Waals surface area contributed by atoms with Crippen molar-refractivity contribution in [3.63, 3.8) is 0 Å². The average Bonchev–Trinajstić information content (AvgIpc) is 2.30. The second-order valence-corrected chi connectivity index (χ2v) is 2.64. The molecule has 12 N–H and O–H groups in total. The summed E-state index contributed by atoms with van der Waals surface area (Å²) in [4.78, 5) is 0. The summed E-state index contributed by atoms with van der Waals surface area (Å²) in [6.45, 7) is 3.58. The molecular formula is C6H25BCl2N6. The van der Waals surface area contributed by atoms with Gasteiger partial charge in [0.15, 0.2) is 0 Å². The van der Waals surface area contributed by atoms with Gasteiger partial charge >= 0.3 is 6.11 Å². The Morgan fingerprint density at radius 1 is 0.533 bits per heavy atom. The van der Waals surface area contributed by atoms with Gasteiger partial charge in [-0.1, -0.05) is 0 Å². The smallest absolute Gasteiger partial charge is 0.329 e. The average molecular weight is 263 g/mol. The fourth-order valence-electron chi connectivity index (χ4n) is 0. The first kappa shape index (κ1) is 24.6. The quantitative estimate of drug-likeness (QED) is 0.307. The van der Waals surface area contributed by atoms with Gasteiger partial charge in [-0.15, -0.1) is 0 Å². The highest BCUT2D eigenvalue weighted by atomic mass is 35.5. The SMILES string of the molecule is ClBCl.NCCN.NCCN.NCCN. The standard InChI is InChI=1S/3C2H8N2.BCl2H/c3*3-1-2-4;2-1-3/h3*1-4H2;1H. The van der Waals surface area contributed by atoms with Crippen LogP contribution in [0, 0.1) is 0 Å². The van der Waals surface area contributed by atoms with Gasteiger partial charge in [-0.2, -0.15) is 22.9 Å². The summed E-state index contributed by atoms with van der Waals surface area (Å²) in [6.07, 6.45) is 0.194. The highest BCUT2D eigenvalue weighted by Crippen LogP contribution is 1.67. The van der Waals surface area contributed by atoms with Crippen molar-refractivity contribution >= 4 is 29.0 Å². The summed E-state index contributed by atoms with van der Waals surface area (Å²) >= 11 is 9.53. The molecule has 0 fully saturated rings. The maximum atomic E-state index is 4.90. The Kier molecular flexibility index (Phi) is 77.3. The van der Waals surface area contributed by atoms with Gasteiger partial charge in [-0.05, 0) is 0 Å². The van der Waals surface area contributed by atoms with Crippen LogP contribution in [-0.2, 0) is 0 Å². The molecule has 0 saturated carbocycles. The van der Waals surface area contributed by atoms with E-state index >= 15 is 0 Å². The van der Waals surface area contributed by atoms with Crippen LogP contribution in [0.25, 0.3) is 0 Å². The minimum Gasteiger partial charge on any atom is -0.329 e. The van der Waals surface area contributed by atoms with Crippen molar-refractivity contribution in [2.24, 2.45) is 34.4 Å². The maximum absolute atomic E-state index is 4.90. The van der Waals surface area contributed by atoms with Gasteiger partial charge in [0.2, 0.25) is 0 Å². The second kappa shape index (κ2) is 47.2. The van der Waals surface area contributed by atoms with Crippen molar-refractivity contribution < 1.29 is 0 Å². The highest BCUT2D eigenvalue weighted by Gasteiger charge is 1.55. The molecule has 0 heterocycles. The molecule has 0 saturated heterocycles. The molecule has 0 spiro atoms. The molecule has 0 rings (SSSR count). The van der Waals surface area contributed by atoms with E-state index in [1.54, 1.807) is 0 Å². The first-order valence-corrected chi connectivity index (χ1v) is 5.55. The van der Waals surface area contributed by atoms with Crippen LogP contribution in [0.5, 0.6) is 0 Å². The maximum Gasteiger partial charge on any atom is 0.335 e. The summed E-state index contributed by atoms with van der Waals surface area (Å²) in [5.41, 5.74) is 29.4. The van der Waals surface area contributed by atoms with E-state index in [9.17, 15) is 0 Å². The normalized spacial score (nSPS) is 6.93. The number of rotatable bonds is 3. The molecule has 0 aliphatic heterocycles. The minimum atomic E-state index is 0.194. The first-order valence-electron chi connectivity index (χ1n) is 4.48. The van der Waals surface area contributed by atoms with Crippen molar-refractivity contribution in [2.75, 3.05) is 39.3 Å². The Hall–Kier alpha value is 0.405. The molecular weight excluding hydrogens is 238 g/mol. The van der Waals surface area contributed by atoms with E-state index < -0.39 is 0 Å². The summed E-state index contributed by atoms with van der Waals surface area (Å²) in [5.74, 6) is 0. The zero-order chi connectivity index (χ0) is 12.9. The Morgan fingerprint density at radius 3 is 0.600 bits per heavy atom. The summed E-state index contributed by atoms with van der Waals surface area (Å²) < 4.78 is 0. The Labute approximate surface area is 103 Å². The molecule has 0 bridgehead atoms. The molecule has 0 aliphatic carbocycles. The lowest BCUT2D eigenvalue weighted by Crippen LogP contribution is -2.11. The molecule has 0 aliphatic rings. The second-order valence-electron chi connectivity index (χ2n) is 1.83. The molecule has 9 heteroatoms. The monoisotopic (exact) mass is 262 g/mol. The molecule has 96 valence electrons. The molecule has 0 aromatic heterocycles. The summed E-state index contributed by atoms with van der Waals surface area (Å²) in [7, 11) is 0. The van der Waals surface area contributed by atoms with Crippen LogP contribution in [0.15, 0.2) is 0 Å². The van der Waals surface area contributed by atoms with E-state index in [0.29, 0.717) is 39.3 Å². The van der Waals surface area contributed by atoms with E-state index in [1.807, 2.05) is 0 Å². The summed E-state index contributed by atoms with van der Waals surface area (Å²) in [6, 6.07) is 0. The van der Waals surface area contributed by atoms with Gasteiger partial charge in [0, 0.05) is 39.3 Å². The molecule has 0 atom stereocenters. The Morgan fingerprint density at radius 2 is 0.600 bits per heavy atom. The number of hydrogen-bond donors (Lipinski definition) is 6. The van der Waals surface area contributed by atoms with Gasteiger partial charge in [-0.25, -0.2) is 0 Å². The molecule has 0 aromatic carbocycles. The van der Waals surface area contributed by atoms with Crippen LogP contribution >= 0.6 is 22.9 Å². The van der Waals surface area contributed by atoms with E-state index in [-0.39, 0.29) is 6.11 Å². The lowest BCUT2D eigenvalue weighted by molar-refractivity contribution is 0.976. The minimum absolute atomic E-state index is 0.194. The van der Waals surface area contributed by atoms with Crippen molar-refractivity contribution in [1.82, 2.24) is 0 Å². The van der Waals surface area contributed by atoms with E-state index in [1.165, 1.54) is 0 Å². The largest absolute Gasteiger partial charge is 0.335 e. The molecule has 0 aromatic rings. The van der Waals surface area contributed by atoms with Gasteiger partial charge in [0.25, 0.3) is 0 Å². The lowest BCUT2D eigenvalue weighted by atomic mass is 10.7. The van der Waals surface area contributed by atoms with Crippen molar-refractivity contribution in [3.05, 3.63) is 0 Å². The van der Waals surface area contributed by atoms with Crippen LogP contribution in [0.4, 0.5) is 0 Å². The predicted molar refractivity (Wildman–Crippen MR) is 73.2 cm³/mol. The number of nitrogens with two attached hydrogens (primary N) is 6. The van der Waals surface area contributed by atoms with Crippen LogP contribution in [-0.4, -0.2) is 45.4 Å². The van der Waals surface area contributed by atoms with Crippen LogP contribution in [0.1, 0.15) is 0 Å². The van der Waals surface area contributed by atoms with Gasteiger partial charge in [0.05, 0.1) is 0 Å². The Bertz CT molecular complexity index is 49.4. The van der Waals surface area contributed by atoms with Crippen LogP contribution in [0.3, 0.4) is 0 Å². The molecule has 0 unspecified atom stereocenters. The van der Waals surface area contributed by atoms with Gasteiger partial charge in [0.1, 0.15) is 0 Å². The molecule has 6 nitrogen and oxygen atoms in total. The van der Waals surface area contributed by atoms with E-state index in [4.69, 9.17) is 57.3 Å². The fraction of sp³-hybridized carbons (Fsp3) is 1.00. The lowest BCUT2D eigenvalue weighted by Gasteiger charge is -1.72. The van der Waals surface area contributed by atoms with E-state index in [2.05, 4.69) is 0 Å². The van der Waals surface area contributed by atoms with Gasteiger partial charge in [-0.3, -0.25) is 0 Å². The first-order chi connectivity index (χ1) is 7.16. The zero-order valence-electron chi connectivity index (χ0n) is 9.17. The fourth-order valence-corrected chi connectivity index (χ4v) is 0.